The normalized spacial score (nSPS) is 15.6. The quantitative estimate of drug-likeness (QED) is 0.727. The first kappa shape index (κ1) is 23.7. The second-order valence-electron chi connectivity index (χ2n) is 6.62. The minimum absolute atomic E-state index is 0. The summed E-state index contributed by atoms with van der Waals surface area (Å²) in [5.41, 5.74) is 7.86. The van der Waals surface area contributed by atoms with Crippen molar-refractivity contribution in [1.82, 2.24) is 9.47 Å². The van der Waals surface area contributed by atoms with E-state index in [0.717, 1.165) is 56.9 Å². The van der Waals surface area contributed by atoms with Crippen LogP contribution in [0.15, 0.2) is 30.5 Å². The summed E-state index contributed by atoms with van der Waals surface area (Å²) < 4.78 is 7.66. The third-order valence-corrected chi connectivity index (χ3v) is 4.74. The number of nitrogens with one attached hydrogen (secondary N) is 1. The van der Waals surface area contributed by atoms with Gasteiger partial charge in [-0.15, -0.1) is 24.8 Å². The van der Waals surface area contributed by atoms with Crippen LogP contribution in [0.3, 0.4) is 0 Å². The number of halogens is 2. The number of rotatable bonds is 7. The van der Waals surface area contributed by atoms with Crippen molar-refractivity contribution in [3.05, 3.63) is 30.5 Å². The van der Waals surface area contributed by atoms with Gasteiger partial charge < -0.3 is 20.4 Å². The van der Waals surface area contributed by atoms with Gasteiger partial charge in [-0.2, -0.15) is 0 Å². The molecule has 0 radical (unpaired) electrons. The molecule has 1 atom stereocenters. The number of morpholine rings is 1. The maximum atomic E-state index is 12.1. The van der Waals surface area contributed by atoms with Crippen molar-refractivity contribution in [2.24, 2.45) is 5.73 Å². The summed E-state index contributed by atoms with van der Waals surface area (Å²) in [6, 6.07) is 7.67. The number of nitrogens with two attached hydrogens (primary N) is 1. The molecule has 3 N–H and O–H groups in total. The third kappa shape index (κ3) is 6.36. The van der Waals surface area contributed by atoms with Gasteiger partial charge in [0.25, 0.3) is 0 Å². The molecule has 1 aliphatic heterocycles. The summed E-state index contributed by atoms with van der Waals surface area (Å²) in [6.07, 6.45) is 3.71. The van der Waals surface area contributed by atoms with Crippen LogP contribution >= 0.6 is 24.8 Å². The lowest BCUT2D eigenvalue weighted by atomic mass is 10.1. The zero-order valence-electron chi connectivity index (χ0n) is 15.7. The lowest BCUT2D eigenvalue weighted by Gasteiger charge is -2.26. The van der Waals surface area contributed by atoms with Crippen molar-refractivity contribution in [1.29, 1.82) is 0 Å². The second-order valence-corrected chi connectivity index (χ2v) is 6.62. The van der Waals surface area contributed by atoms with Crippen molar-refractivity contribution in [3.8, 4) is 0 Å². The highest BCUT2D eigenvalue weighted by Crippen LogP contribution is 2.21. The summed E-state index contributed by atoms with van der Waals surface area (Å²) in [5, 5.41) is 4.04. The number of aromatic nitrogens is 1. The molecule has 1 saturated heterocycles. The Balaban J connectivity index is 0.00000182. The van der Waals surface area contributed by atoms with Crippen LogP contribution in [-0.2, 0) is 16.1 Å². The van der Waals surface area contributed by atoms with E-state index in [1.807, 2.05) is 19.1 Å². The third-order valence-electron chi connectivity index (χ3n) is 4.74. The zero-order chi connectivity index (χ0) is 17.6. The van der Waals surface area contributed by atoms with E-state index >= 15 is 0 Å². The van der Waals surface area contributed by atoms with Gasteiger partial charge in [-0.05, 0) is 30.7 Å². The van der Waals surface area contributed by atoms with Gasteiger partial charge in [0.15, 0.2) is 0 Å². The smallest absolute Gasteiger partial charge is 0.241 e. The Morgan fingerprint density at radius 3 is 2.67 bits per heavy atom. The molecule has 0 spiro atoms. The molecule has 8 heteroatoms. The molecule has 0 bridgehead atoms. The molecule has 1 fully saturated rings. The highest BCUT2D eigenvalue weighted by molar-refractivity contribution is 5.96. The van der Waals surface area contributed by atoms with Crippen molar-refractivity contribution in [2.45, 2.75) is 32.4 Å². The molecular formula is C19H30Cl2N4O2. The number of benzene rings is 1. The molecule has 6 nitrogen and oxygen atoms in total. The van der Waals surface area contributed by atoms with E-state index in [4.69, 9.17) is 10.5 Å². The van der Waals surface area contributed by atoms with Crippen LogP contribution < -0.4 is 11.1 Å². The SMILES string of the molecule is CCCC(N)C(=O)Nc1ccc2c(ccn2CCN2CCOCC2)c1.Cl.Cl. The average Bonchev–Trinajstić information content (AvgIpc) is 3.03. The summed E-state index contributed by atoms with van der Waals surface area (Å²) >= 11 is 0. The Kier molecular flexibility index (Phi) is 10.1. The van der Waals surface area contributed by atoms with E-state index in [1.54, 1.807) is 0 Å². The Labute approximate surface area is 173 Å². The summed E-state index contributed by atoms with van der Waals surface area (Å²) in [5.74, 6) is -0.118. The highest BCUT2D eigenvalue weighted by Gasteiger charge is 2.13. The first-order chi connectivity index (χ1) is 12.2. The minimum Gasteiger partial charge on any atom is -0.379 e. The number of hydrogen-bond acceptors (Lipinski definition) is 4. The fourth-order valence-electron chi connectivity index (χ4n) is 3.22. The van der Waals surface area contributed by atoms with E-state index in [9.17, 15) is 4.79 Å². The zero-order valence-corrected chi connectivity index (χ0v) is 17.4. The number of carbonyl (C=O) groups excluding carboxylic acids is 1. The molecule has 3 rings (SSSR count). The van der Waals surface area contributed by atoms with Crippen LogP contribution in [0.4, 0.5) is 5.69 Å². The molecule has 0 aliphatic carbocycles. The van der Waals surface area contributed by atoms with E-state index in [2.05, 4.69) is 33.1 Å². The minimum atomic E-state index is -0.446. The van der Waals surface area contributed by atoms with Crippen molar-refractivity contribution >= 4 is 47.3 Å². The van der Waals surface area contributed by atoms with Gasteiger partial charge in [0.05, 0.1) is 19.3 Å². The Hall–Kier alpha value is -1.31. The summed E-state index contributed by atoms with van der Waals surface area (Å²) in [7, 11) is 0. The van der Waals surface area contributed by atoms with Gasteiger partial charge in [-0.3, -0.25) is 9.69 Å². The molecule has 1 aliphatic rings. The lowest BCUT2D eigenvalue weighted by Crippen LogP contribution is -2.38. The summed E-state index contributed by atoms with van der Waals surface area (Å²) in [6.45, 7) is 7.68. The largest absolute Gasteiger partial charge is 0.379 e. The molecule has 2 aromatic rings. The molecule has 1 unspecified atom stereocenters. The van der Waals surface area contributed by atoms with E-state index in [1.165, 1.54) is 5.52 Å². The van der Waals surface area contributed by atoms with Crippen LogP contribution in [-0.4, -0.2) is 54.3 Å². The van der Waals surface area contributed by atoms with Crippen LogP contribution in [0.5, 0.6) is 0 Å². The topological polar surface area (TPSA) is 72.5 Å². The standard InChI is InChI=1S/C19H28N4O2.2ClH/c1-2-3-17(20)19(24)21-16-4-5-18-15(14-16)6-7-23(18)9-8-22-10-12-25-13-11-22;;/h4-7,14,17H,2-3,8-13,20H2,1H3,(H,21,24);2*1H. The van der Waals surface area contributed by atoms with E-state index < -0.39 is 6.04 Å². The predicted octanol–water partition coefficient (Wildman–Crippen LogP) is 2.88. The number of nitrogens with zero attached hydrogens (tertiary/aromatic N) is 2. The first-order valence-electron chi connectivity index (χ1n) is 9.13. The number of amides is 1. The Morgan fingerprint density at radius 1 is 1.22 bits per heavy atom. The number of carbonyl (C=O) groups is 1. The number of fused-ring (bicyclic) bond motifs is 1. The highest BCUT2D eigenvalue weighted by atomic mass is 35.5. The Bertz CT molecular complexity index is 717. The number of ether oxygens (including phenoxy) is 1. The molecule has 1 aromatic carbocycles. The fraction of sp³-hybridized carbons (Fsp3) is 0.526. The molecule has 1 aromatic heterocycles. The van der Waals surface area contributed by atoms with Crippen LogP contribution in [0.25, 0.3) is 10.9 Å². The first-order valence-corrected chi connectivity index (χ1v) is 9.13. The fourth-order valence-corrected chi connectivity index (χ4v) is 3.22. The molecular weight excluding hydrogens is 387 g/mol. The van der Waals surface area contributed by atoms with Crippen molar-refractivity contribution in [2.75, 3.05) is 38.2 Å². The molecule has 0 saturated carbocycles. The van der Waals surface area contributed by atoms with Gasteiger partial charge in [0.2, 0.25) is 5.91 Å². The maximum absolute atomic E-state index is 12.1. The van der Waals surface area contributed by atoms with Gasteiger partial charge in [-0.25, -0.2) is 0 Å². The van der Waals surface area contributed by atoms with Crippen LogP contribution in [0, 0.1) is 0 Å². The van der Waals surface area contributed by atoms with E-state index in [-0.39, 0.29) is 30.7 Å². The summed E-state index contributed by atoms with van der Waals surface area (Å²) in [4.78, 5) is 14.5. The van der Waals surface area contributed by atoms with Crippen molar-refractivity contribution in [3.63, 3.8) is 0 Å². The van der Waals surface area contributed by atoms with Gasteiger partial charge in [0.1, 0.15) is 0 Å². The number of hydrogen-bond donors (Lipinski definition) is 2. The van der Waals surface area contributed by atoms with Crippen LogP contribution in [0.1, 0.15) is 19.8 Å². The van der Waals surface area contributed by atoms with Gasteiger partial charge in [0, 0.05) is 49.0 Å². The van der Waals surface area contributed by atoms with E-state index in [0.29, 0.717) is 6.42 Å². The predicted molar refractivity (Wildman–Crippen MR) is 115 cm³/mol. The Morgan fingerprint density at radius 2 is 1.96 bits per heavy atom. The number of anilines is 1. The molecule has 152 valence electrons. The van der Waals surface area contributed by atoms with Crippen LogP contribution in [0.2, 0.25) is 0 Å². The lowest BCUT2D eigenvalue weighted by molar-refractivity contribution is -0.117. The monoisotopic (exact) mass is 416 g/mol. The maximum Gasteiger partial charge on any atom is 0.241 e. The van der Waals surface area contributed by atoms with Gasteiger partial charge >= 0.3 is 0 Å². The van der Waals surface area contributed by atoms with Crippen molar-refractivity contribution < 1.29 is 9.53 Å². The molecule has 1 amide bonds. The second kappa shape index (κ2) is 11.5. The molecule has 27 heavy (non-hydrogen) atoms. The average molecular weight is 417 g/mol. The molecule has 2 heterocycles. The van der Waals surface area contributed by atoms with Gasteiger partial charge in [-0.1, -0.05) is 13.3 Å².